The van der Waals surface area contributed by atoms with Crippen LogP contribution in [0.5, 0.6) is 0 Å². The highest BCUT2D eigenvalue weighted by Crippen LogP contribution is 2.36. The van der Waals surface area contributed by atoms with Gasteiger partial charge in [0.2, 0.25) is 12.3 Å². The zero-order valence-electron chi connectivity index (χ0n) is 16.3. The molecule has 2 aromatic carbocycles. The molecule has 7 nitrogen and oxygen atoms in total. The number of nitrogens with zero attached hydrogens (tertiary/aromatic N) is 2. The van der Waals surface area contributed by atoms with Crippen LogP contribution in [0, 0.1) is 11.6 Å². The normalized spacial score (nSPS) is 15.8. The van der Waals surface area contributed by atoms with Gasteiger partial charge in [0.05, 0.1) is 12.2 Å². The van der Waals surface area contributed by atoms with Crippen LogP contribution in [0.25, 0.3) is 11.1 Å². The number of para-hydroxylation sites is 1. The van der Waals surface area contributed by atoms with E-state index in [0.29, 0.717) is 37.1 Å². The topological polar surface area (TPSA) is 79.0 Å². The van der Waals surface area contributed by atoms with Crippen LogP contribution in [0.4, 0.5) is 20.2 Å². The lowest BCUT2D eigenvalue weighted by atomic mass is 10.0. The Kier molecular flexibility index (Phi) is 6.61. The number of hydrogen-bond donors (Lipinski definition) is 1. The Hall–Kier alpha value is -3.49. The number of benzene rings is 2. The number of anilines is 2. The summed E-state index contributed by atoms with van der Waals surface area (Å²) in [5.41, 5.74) is 0.971. The van der Waals surface area contributed by atoms with Crippen molar-refractivity contribution in [2.45, 2.75) is 12.5 Å². The van der Waals surface area contributed by atoms with Gasteiger partial charge in [0.15, 0.2) is 11.6 Å². The highest BCUT2D eigenvalue weighted by molar-refractivity contribution is 6.00. The van der Waals surface area contributed by atoms with E-state index < -0.39 is 23.6 Å². The monoisotopic (exact) mass is 417 g/mol. The van der Waals surface area contributed by atoms with Crippen molar-refractivity contribution in [2.75, 3.05) is 36.5 Å². The van der Waals surface area contributed by atoms with Crippen molar-refractivity contribution in [2.24, 2.45) is 0 Å². The second-order valence-electron chi connectivity index (χ2n) is 6.78. The molecular formula is C21H21F2N3O4. The summed E-state index contributed by atoms with van der Waals surface area (Å²) in [6.07, 6.45) is 0.733. The number of halogens is 2. The average Bonchev–Trinajstić information content (AvgIpc) is 3.10. The Labute approximate surface area is 172 Å². The fraction of sp³-hybridized carbons (Fsp3) is 0.286. The summed E-state index contributed by atoms with van der Waals surface area (Å²) in [6.45, 7) is 1.04. The minimum absolute atomic E-state index is 0.0456. The molecule has 0 bridgehead atoms. The molecule has 1 fully saturated rings. The first-order chi connectivity index (χ1) is 14.5. The maximum Gasteiger partial charge on any atom is 0.293 e. The van der Waals surface area contributed by atoms with Gasteiger partial charge in [-0.25, -0.2) is 8.78 Å². The van der Waals surface area contributed by atoms with Gasteiger partial charge in [-0.2, -0.15) is 0 Å². The molecule has 30 heavy (non-hydrogen) atoms. The van der Waals surface area contributed by atoms with Gasteiger partial charge >= 0.3 is 0 Å². The van der Waals surface area contributed by atoms with Crippen molar-refractivity contribution in [1.82, 2.24) is 5.32 Å². The lowest BCUT2D eigenvalue weighted by Gasteiger charge is -2.23. The largest absolute Gasteiger partial charge is 0.466 e. The Bertz CT molecular complexity index is 954. The summed E-state index contributed by atoms with van der Waals surface area (Å²) in [4.78, 5) is 36.2. The Balaban J connectivity index is 1.93. The van der Waals surface area contributed by atoms with Crippen LogP contribution in [0.3, 0.4) is 0 Å². The molecule has 2 amide bonds. The third-order valence-electron chi connectivity index (χ3n) is 5.05. The first-order valence-corrected chi connectivity index (χ1v) is 9.34. The summed E-state index contributed by atoms with van der Waals surface area (Å²) >= 11 is 0. The SMILES string of the molecule is CN(CCOC=O)c1ccccc1-c1ccc(N2CCC(NC=O)C2=O)c(F)c1F. The van der Waals surface area contributed by atoms with Crippen LogP contribution < -0.4 is 15.1 Å². The molecule has 158 valence electrons. The maximum absolute atomic E-state index is 15.0. The van der Waals surface area contributed by atoms with Crippen molar-refractivity contribution in [3.05, 3.63) is 48.0 Å². The zero-order chi connectivity index (χ0) is 21.7. The van der Waals surface area contributed by atoms with Crippen LogP contribution in [0.1, 0.15) is 6.42 Å². The number of nitrogens with one attached hydrogen (secondary N) is 1. The fourth-order valence-corrected chi connectivity index (χ4v) is 3.50. The van der Waals surface area contributed by atoms with Crippen LogP contribution in [0.15, 0.2) is 36.4 Å². The number of rotatable bonds is 9. The number of likely N-dealkylation sites (N-methyl/N-ethyl adjacent to an activating group) is 1. The van der Waals surface area contributed by atoms with E-state index in [1.165, 1.54) is 12.1 Å². The highest BCUT2D eigenvalue weighted by atomic mass is 19.2. The van der Waals surface area contributed by atoms with Gasteiger partial charge in [-0.05, 0) is 24.6 Å². The van der Waals surface area contributed by atoms with Gasteiger partial charge in [0.1, 0.15) is 12.6 Å². The van der Waals surface area contributed by atoms with E-state index in [-0.39, 0.29) is 24.4 Å². The standard InChI is InChI=1S/C21H21F2N3O4/c1-25(10-11-30-13-28)17-5-3-2-4-14(17)15-6-7-18(20(23)19(15)22)26-9-8-16(21(26)29)24-12-27/h2-7,12-13,16H,8-11H2,1H3,(H,24,27). The summed E-state index contributed by atoms with van der Waals surface area (Å²) in [6, 6.07) is 8.93. The summed E-state index contributed by atoms with van der Waals surface area (Å²) in [7, 11) is 1.75. The van der Waals surface area contributed by atoms with Gasteiger partial charge in [-0.3, -0.25) is 14.4 Å². The van der Waals surface area contributed by atoms with Crippen molar-refractivity contribution < 1.29 is 27.9 Å². The highest BCUT2D eigenvalue weighted by Gasteiger charge is 2.34. The Morgan fingerprint density at radius 3 is 2.67 bits per heavy atom. The average molecular weight is 417 g/mol. The molecule has 1 aliphatic heterocycles. The first kappa shape index (κ1) is 21.2. The second kappa shape index (κ2) is 9.34. The zero-order valence-corrected chi connectivity index (χ0v) is 16.3. The van der Waals surface area contributed by atoms with E-state index in [0.717, 1.165) is 4.90 Å². The lowest BCUT2D eigenvalue weighted by molar-refractivity contribution is -0.128. The molecule has 1 atom stereocenters. The van der Waals surface area contributed by atoms with Crippen molar-refractivity contribution in [3.63, 3.8) is 0 Å². The molecule has 0 aromatic heterocycles. The molecule has 1 N–H and O–H groups in total. The van der Waals surface area contributed by atoms with Gasteiger partial charge in [0.25, 0.3) is 6.47 Å². The molecule has 1 unspecified atom stereocenters. The molecule has 0 aliphatic carbocycles. The van der Waals surface area contributed by atoms with Crippen molar-refractivity contribution in [1.29, 1.82) is 0 Å². The Morgan fingerprint density at radius 1 is 1.17 bits per heavy atom. The Morgan fingerprint density at radius 2 is 1.93 bits per heavy atom. The second-order valence-corrected chi connectivity index (χ2v) is 6.78. The van der Waals surface area contributed by atoms with E-state index in [2.05, 4.69) is 5.32 Å². The van der Waals surface area contributed by atoms with Gasteiger partial charge < -0.3 is 19.9 Å². The predicted molar refractivity (Wildman–Crippen MR) is 107 cm³/mol. The molecule has 0 saturated carbocycles. The number of ether oxygens (including phenoxy) is 1. The molecule has 2 aromatic rings. The summed E-state index contributed by atoms with van der Waals surface area (Å²) in [5.74, 6) is -2.69. The smallest absolute Gasteiger partial charge is 0.293 e. The summed E-state index contributed by atoms with van der Waals surface area (Å²) < 4.78 is 34.7. The molecule has 3 rings (SSSR count). The predicted octanol–water partition coefficient (Wildman–Crippen LogP) is 2.09. The van der Waals surface area contributed by atoms with Crippen LogP contribution in [-0.4, -0.2) is 51.6 Å². The minimum Gasteiger partial charge on any atom is -0.466 e. The van der Waals surface area contributed by atoms with Crippen LogP contribution in [0.2, 0.25) is 0 Å². The van der Waals surface area contributed by atoms with E-state index >= 15 is 4.39 Å². The number of carbonyl (C=O) groups excluding carboxylic acids is 3. The third-order valence-corrected chi connectivity index (χ3v) is 5.05. The third kappa shape index (κ3) is 4.10. The van der Waals surface area contributed by atoms with E-state index in [1.54, 1.807) is 36.2 Å². The molecule has 0 radical (unpaired) electrons. The maximum atomic E-state index is 15.0. The van der Waals surface area contributed by atoms with Gasteiger partial charge in [0, 0.05) is 30.4 Å². The molecule has 1 aliphatic rings. The minimum atomic E-state index is -1.13. The lowest BCUT2D eigenvalue weighted by Crippen LogP contribution is -2.38. The molecule has 1 heterocycles. The molecular weight excluding hydrogens is 396 g/mol. The van der Waals surface area contributed by atoms with Crippen molar-refractivity contribution >= 4 is 30.2 Å². The number of carbonyl (C=O) groups is 3. The molecule has 9 heteroatoms. The first-order valence-electron chi connectivity index (χ1n) is 9.34. The molecule has 0 spiro atoms. The van der Waals surface area contributed by atoms with Crippen LogP contribution in [-0.2, 0) is 19.1 Å². The van der Waals surface area contributed by atoms with Gasteiger partial charge in [-0.1, -0.05) is 18.2 Å². The van der Waals surface area contributed by atoms with Crippen molar-refractivity contribution in [3.8, 4) is 11.1 Å². The van der Waals surface area contributed by atoms with Crippen LogP contribution >= 0.6 is 0 Å². The van der Waals surface area contributed by atoms with Gasteiger partial charge in [-0.15, -0.1) is 0 Å². The quantitative estimate of drug-likeness (QED) is 0.499. The van der Waals surface area contributed by atoms with E-state index in [4.69, 9.17) is 4.74 Å². The number of amides is 2. The van der Waals surface area contributed by atoms with E-state index in [1.807, 2.05) is 0 Å². The van der Waals surface area contributed by atoms with E-state index in [9.17, 15) is 18.8 Å². The fourth-order valence-electron chi connectivity index (χ4n) is 3.50. The molecule has 1 saturated heterocycles. The number of hydrogen-bond acceptors (Lipinski definition) is 5. The summed E-state index contributed by atoms with van der Waals surface area (Å²) in [5, 5.41) is 2.38.